The van der Waals surface area contributed by atoms with Gasteiger partial charge in [0, 0.05) is 6.42 Å². The molecule has 0 atom stereocenters. The summed E-state index contributed by atoms with van der Waals surface area (Å²) in [6.07, 6.45) is 2.15. The van der Waals surface area contributed by atoms with Crippen molar-refractivity contribution in [3.8, 4) is 5.75 Å². The lowest BCUT2D eigenvalue weighted by Crippen LogP contribution is -2.05. The Hall–Kier alpha value is -1.51. The minimum absolute atomic E-state index is 0.121. The van der Waals surface area contributed by atoms with E-state index in [-0.39, 0.29) is 5.97 Å². The summed E-state index contributed by atoms with van der Waals surface area (Å²) in [5, 5.41) is 0. The maximum Gasteiger partial charge on any atom is 0.305 e. The Bertz CT molecular complexity index is 385. The van der Waals surface area contributed by atoms with Crippen LogP contribution in [0, 0.1) is 13.8 Å². The summed E-state index contributed by atoms with van der Waals surface area (Å²) in [7, 11) is 0. The summed E-state index contributed by atoms with van der Waals surface area (Å²) in [6.45, 7) is 7.00. The number of hydrogen-bond donors (Lipinski definition) is 0. The van der Waals surface area contributed by atoms with Crippen LogP contribution in [0.5, 0.6) is 5.75 Å². The van der Waals surface area contributed by atoms with E-state index < -0.39 is 0 Å². The van der Waals surface area contributed by atoms with Gasteiger partial charge in [0.2, 0.25) is 0 Å². The van der Waals surface area contributed by atoms with E-state index in [1.807, 2.05) is 26.8 Å². The molecule has 0 bridgehead atoms. The molecule has 0 aromatic heterocycles. The molecule has 100 valence electrons. The van der Waals surface area contributed by atoms with Gasteiger partial charge < -0.3 is 9.47 Å². The van der Waals surface area contributed by atoms with Gasteiger partial charge >= 0.3 is 5.97 Å². The Morgan fingerprint density at radius 1 is 1.22 bits per heavy atom. The van der Waals surface area contributed by atoms with Gasteiger partial charge in [-0.2, -0.15) is 0 Å². The van der Waals surface area contributed by atoms with Crippen LogP contribution in [0.3, 0.4) is 0 Å². The number of hydrogen-bond acceptors (Lipinski definition) is 3. The van der Waals surface area contributed by atoms with Crippen LogP contribution in [0.25, 0.3) is 0 Å². The lowest BCUT2D eigenvalue weighted by atomic mass is 10.1. The molecule has 0 heterocycles. The highest BCUT2D eigenvalue weighted by Gasteiger charge is 2.02. The van der Waals surface area contributed by atoms with Crippen molar-refractivity contribution in [1.29, 1.82) is 0 Å². The molecule has 0 fully saturated rings. The summed E-state index contributed by atoms with van der Waals surface area (Å²) < 4.78 is 10.6. The molecule has 1 aromatic carbocycles. The van der Waals surface area contributed by atoms with Gasteiger partial charge in [-0.1, -0.05) is 12.1 Å². The van der Waals surface area contributed by atoms with Crippen molar-refractivity contribution in [2.24, 2.45) is 0 Å². The molecule has 0 unspecified atom stereocenters. The third-order valence-corrected chi connectivity index (χ3v) is 2.68. The van der Waals surface area contributed by atoms with Gasteiger partial charge in [0.15, 0.2) is 0 Å². The summed E-state index contributed by atoms with van der Waals surface area (Å²) in [5.41, 5.74) is 2.34. The van der Waals surface area contributed by atoms with Gasteiger partial charge in [-0.25, -0.2) is 0 Å². The van der Waals surface area contributed by atoms with Crippen molar-refractivity contribution in [3.63, 3.8) is 0 Å². The summed E-state index contributed by atoms with van der Waals surface area (Å²) in [4.78, 5) is 11.1. The first-order chi connectivity index (χ1) is 8.63. The number of ether oxygens (including phenoxy) is 2. The smallest absolute Gasteiger partial charge is 0.305 e. The molecule has 0 aliphatic heterocycles. The SMILES string of the molecule is CCOC(=O)CCCCOc1cc(C)ccc1C. The zero-order valence-corrected chi connectivity index (χ0v) is 11.5. The zero-order chi connectivity index (χ0) is 13.4. The molecule has 3 heteroatoms. The van der Waals surface area contributed by atoms with Gasteiger partial charge in [-0.3, -0.25) is 4.79 Å². The topological polar surface area (TPSA) is 35.5 Å². The van der Waals surface area contributed by atoms with E-state index >= 15 is 0 Å². The van der Waals surface area contributed by atoms with Crippen LogP contribution in [0.15, 0.2) is 18.2 Å². The normalized spacial score (nSPS) is 10.2. The first-order valence-electron chi connectivity index (χ1n) is 6.49. The summed E-state index contributed by atoms with van der Waals surface area (Å²) >= 11 is 0. The van der Waals surface area contributed by atoms with E-state index in [1.165, 1.54) is 5.56 Å². The Morgan fingerprint density at radius 2 is 2.00 bits per heavy atom. The summed E-state index contributed by atoms with van der Waals surface area (Å²) in [6, 6.07) is 6.17. The number of carbonyl (C=O) groups excluding carboxylic acids is 1. The van der Waals surface area contributed by atoms with Crippen LogP contribution in [0.1, 0.15) is 37.3 Å². The van der Waals surface area contributed by atoms with E-state index in [0.717, 1.165) is 24.2 Å². The number of carbonyl (C=O) groups is 1. The highest BCUT2D eigenvalue weighted by molar-refractivity contribution is 5.69. The van der Waals surface area contributed by atoms with Crippen molar-refractivity contribution >= 4 is 5.97 Å². The number of rotatable bonds is 7. The molecule has 3 nitrogen and oxygen atoms in total. The average molecular weight is 250 g/mol. The number of benzene rings is 1. The Kier molecular flexibility index (Phi) is 6.26. The van der Waals surface area contributed by atoms with Crippen molar-refractivity contribution in [1.82, 2.24) is 0 Å². The van der Waals surface area contributed by atoms with Crippen LogP contribution in [0.4, 0.5) is 0 Å². The largest absolute Gasteiger partial charge is 0.493 e. The van der Waals surface area contributed by atoms with Crippen LogP contribution in [0.2, 0.25) is 0 Å². The van der Waals surface area contributed by atoms with Gasteiger partial charge in [0.25, 0.3) is 0 Å². The van der Waals surface area contributed by atoms with Crippen molar-refractivity contribution < 1.29 is 14.3 Å². The Balaban J connectivity index is 2.21. The summed E-state index contributed by atoms with van der Waals surface area (Å²) in [5.74, 6) is 0.815. The van der Waals surface area contributed by atoms with Gasteiger partial charge in [-0.15, -0.1) is 0 Å². The van der Waals surface area contributed by atoms with Crippen molar-refractivity contribution in [3.05, 3.63) is 29.3 Å². The fourth-order valence-electron chi connectivity index (χ4n) is 1.65. The maximum absolute atomic E-state index is 11.1. The molecule has 0 amide bonds. The highest BCUT2D eigenvalue weighted by Crippen LogP contribution is 2.19. The minimum Gasteiger partial charge on any atom is -0.493 e. The van der Waals surface area contributed by atoms with Gasteiger partial charge in [0.1, 0.15) is 5.75 Å². The lowest BCUT2D eigenvalue weighted by Gasteiger charge is -2.09. The van der Waals surface area contributed by atoms with E-state index in [1.54, 1.807) is 0 Å². The quantitative estimate of drug-likeness (QED) is 0.549. The standard InChI is InChI=1S/C15H22O3/c1-4-17-15(16)7-5-6-10-18-14-11-12(2)8-9-13(14)3/h8-9,11H,4-7,10H2,1-3H3. The molecule has 0 spiro atoms. The van der Waals surface area contributed by atoms with Crippen molar-refractivity contribution in [2.75, 3.05) is 13.2 Å². The van der Waals surface area contributed by atoms with Crippen LogP contribution in [-0.4, -0.2) is 19.2 Å². The number of unbranched alkanes of at least 4 members (excludes halogenated alkanes) is 1. The second-order valence-corrected chi connectivity index (χ2v) is 4.38. The zero-order valence-electron chi connectivity index (χ0n) is 11.5. The molecular weight excluding hydrogens is 228 g/mol. The molecule has 0 radical (unpaired) electrons. The van der Waals surface area contributed by atoms with E-state index in [2.05, 4.69) is 12.1 Å². The second kappa shape index (κ2) is 7.75. The minimum atomic E-state index is -0.121. The Morgan fingerprint density at radius 3 is 2.72 bits per heavy atom. The molecule has 0 saturated heterocycles. The van der Waals surface area contributed by atoms with Crippen molar-refractivity contribution in [2.45, 2.75) is 40.0 Å². The Labute approximate surface area is 109 Å². The maximum atomic E-state index is 11.1. The molecule has 0 aliphatic rings. The highest BCUT2D eigenvalue weighted by atomic mass is 16.5. The van der Waals surface area contributed by atoms with Gasteiger partial charge in [0.05, 0.1) is 13.2 Å². The molecule has 0 aliphatic carbocycles. The average Bonchev–Trinajstić information content (AvgIpc) is 2.33. The first-order valence-corrected chi connectivity index (χ1v) is 6.49. The second-order valence-electron chi connectivity index (χ2n) is 4.38. The molecular formula is C15H22O3. The monoisotopic (exact) mass is 250 g/mol. The fraction of sp³-hybridized carbons (Fsp3) is 0.533. The van der Waals surface area contributed by atoms with Gasteiger partial charge in [-0.05, 0) is 50.8 Å². The molecule has 0 saturated carbocycles. The molecule has 1 aromatic rings. The third kappa shape index (κ3) is 5.21. The van der Waals surface area contributed by atoms with Crippen LogP contribution < -0.4 is 4.74 Å². The third-order valence-electron chi connectivity index (χ3n) is 2.68. The number of esters is 1. The molecule has 1 rings (SSSR count). The fourth-order valence-corrected chi connectivity index (χ4v) is 1.65. The predicted molar refractivity (Wildman–Crippen MR) is 71.9 cm³/mol. The van der Waals surface area contributed by atoms with E-state index in [9.17, 15) is 4.79 Å². The number of aryl methyl sites for hydroxylation is 2. The van der Waals surface area contributed by atoms with E-state index in [4.69, 9.17) is 9.47 Å². The molecule has 0 N–H and O–H groups in total. The van der Waals surface area contributed by atoms with Crippen LogP contribution in [-0.2, 0) is 9.53 Å². The van der Waals surface area contributed by atoms with E-state index in [0.29, 0.717) is 19.6 Å². The van der Waals surface area contributed by atoms with Crippen LogP contribution >= 0.6 is 0 Å². The predicted octanol–water partition coefficient (Wildman–Crippen LogP) is 3.42. The molecule has 18 heavy (non-hydrogen) atoms. The first kappa shape index (κ1) is 14.6. The lowest BCUT2D eigenvalue weighted by molar-refractivity contribution is -0.143.